The Morgan fingerprint density at radius 2 is 1.56 bits per heavy atom. The van der Waals surface area contributed by atoms with Gasteiger partial charge in [0.15, 0.2) is 0 Å². The Bertz CT molecular complexity index is 670. The zero-order valence-electron chi connectivity index (χ0n) is 9.71. The molecule has 1 atom stereocenters. The average molecular weight is 263 g/mol. The van der Waals surface area contributed by atoms with Crippen LogP contribution in [0.4, 0.5) is 0 Å². The predicted octanol–water partition coefficient (Wildman–Crippen LogP) is 2.68. The van der Waals surface area contributed by atoms with E-state index >= 15 is 0 Å². The predicted molar refractivity (Wildman–Crippen MR) is 70.5 cm³/mol. The molecule has 0 aromatic heterocycles. The summed E-state index contributed by atoms with van der Waals surface area (Å²) in [6.07, 6.45) is 0. The molecule has 2 aromatic carbocycles. The Kier molecular flexibility index (Phi) is 3.25. The van der Waals surface area contributed by atoms with Crippen LogP contribution < -0.4 is 0 Å². The molecule has 0 spiro atoms. The van der Waals surface area contributed by atoms with Crippen LogP contribution in [0.5, 0.6) is 11.5 Å². The van der Waals surface area contributed by atoms with Gasteiger partial charge in [0.2, 0.25) is 0 Å². The summed E-state index contributed by atoms with van der Waals surface area (Å²) in [5, 5.41) is 18.8. The number of aryl methyl sites for hydroxylation is 1. The van der Waals surface area contributed by atoms with Gasteiger partial charge in [0, 0.05) is 0 Å². The van der Waals surface area contributed by atoms with E-state index in [-0.39, 0.29) is 11.5 Å². The smallest absolute Gasteiger partial charge is 0.116 e. The largest absolute Gasteiger partial charge is 0.508 e. The zero-order valence-corrected chi connectivity index (χ0v) is 10.6. The van der Waals surface area contributed by atoms with E-state index in [9.17, 15) is 14.4 Å². The summed E-state index contributed by atoms with van der Waals surface area (Å²) in [6.45, 7) is 1.82. The van der Waals surface area contributed by atoms with Crippen LogP contribution in [-0.2, 0) is 10.6 Å². The van der Waals surface area contributed by atoms with Crippen LogP contribution in [0.25, 0.3) is 11.1 Å². The summed E-state index contributed by atoms with van der Waals surface area (Å²) in [6, 6.07) is 9.31. The summed E-state index contributed by atoms with van der Waals surface area (Å²) in [5.74, 6) is 0.146. The molecule has 2 aromatic rings. The van der Waals surface area contributed by atoms with E-state index in [1.807, 2.05) is 6.92 Å². The first-order valence-corrected chi connectivity index (χ1v) is 6.56. The van der Waals surface area contributed by atoms with E-state index in [0.29, 0.717) is 10.5 Å². The molecule has 94 valence electrons. The summed E-state index contributed by atoms with van der Waals surface area (Å²) >= 11 is 0. The number of benzene rings is 2. The summed E-state index contributed by atoms with van der Waals surface area (Å²) in [4.78, 5) is 0.291. The van der Waals surface area contributed by atoms with Crippen LogP contribution in [0.15, 0.2) is 41.3 Å². The first-order valence-electron chi connectivity index (χ1n) is 5.30. The van der Waals surface area contributed by atoms with E-state index < -0.39 is 10.6 Å². The molecule has 0 fully saturated rings. The van der Waals surface area contributed by atoms with Crippen molar-refractivity contribution in [2.45, 2.75) is 11.8 Å². The second-order valence-corrected chi connectivity index (χ2v) is 5.07. The van der Waals surface area contributed by atoms with Crippen molar-refractivity contribution >= 4 is 10.6 Å². The molecule has 0 bridgehead atoms. The number of hydrogen-bond acceptors (Lipinski definition) is 4. The molecule has 2 rings (SSSR count). The number of nitrogens with one attached hydrogen (secondary N) is 1. The van der Waals surface area contributed by atoms with Gasteiger partial charge in [-0.25, -0.2) is 4.21 Å². The first kappa shape index (κ1) is 12.4. The number of rotatable bonds is 2. The Hall–Kier alpha value is -2.01. The Morgan fingerprint density at radius 3 is 2.11 bits per heavy atom. The molecule has 1 unspecified atom stereocenters. The lowest BCUT2D eigenvalue weighted by Crippen LogP contribution is -1.89. The molecule has 0 aliphatic rings. The number of aromatic hydroxyl groups is 2. The highest BCUT2D eigenvalue weighted by Crippen LogP contribution is 2.32. The fourth-order valence-electron chi connectivity index (χ4n) is 1.87. The molecule has 0 saturated carbocycles. The van der Waals surface area contributed by atoms with Crippen molar-refractivity contribution in [1.82, 2.24) is 0 Å². The molecular formula is C13H13NO3S. The fraction of sp³-hybridized carbons (Fsp3) is 0.0769. The number of phenolic OH excluding ortho intramolecular Hbond substituents is 2. The molecule has 0 aliphatic carbocycles. The monoisotopic (exact) mass is 263 g/mol. The van der Waals surface area contributed by atoms with Crippen LogP contribution in [0.3, 0.4) is 0 Å². The molecule has 0 amide bonds. The highest BCUT2D eigenvalue weighted by Gasteiger charge is 2.09. The van der Waals surface area contributed by atoms with E-state index in [2.05, 4.69) is 0 Å². The van der Waals surface area contributed by atoms with Gasteiger partial charge in [0.05, 0.1) is 15.5 Å². The standard InChI is InChI=1S/C13H13NO3S/c1-8-6-9(15)2-4-11(8)12-5-3-10(16)7-13(12)18(14)17/h2-7,14-16,18H,1H3. The summed E-state index contributed by atoms with van der Waals surface area (Å²) < 4.78 is 18.8. The Balaban J connectivity index is 2.71. The van der Waals surface area contributed by atoms with Gasteiger partial charge in [-0.3, -0.25) is 4.78 Å². The van der Waals surface area contributed by atoms with Gasteiger partial charge in [-0.05, 0) is 53.9 Å². The normalized spacial score (nSPS) is 12.3. The van der Waals surface area contributed by atoms with E-state index in [0.717, 1.165) is 11.1 Å². The average Bonchev–Trinajstić information content (AvgIpc) is 2.29. The topological polar surface area (TPSA) is 81.4 Å². The quantitative estimate of drug-likeness (QED) is 0.629. The molecule has 0 saturated heterocycles. The molecule has 5 heteroatoms. The molecule has 3 N–H and O–H groups in total. The Morgan fingerprint density at radius 1 is 1.00 bits per heavy atom. The summed E-state index contributed by atoms with van der Waals surface area (Å²) in [7, 11) is -2.30. The van der Waals surface area contributed by atoms with Crippen molar-refractivity contribution < 1.29 is 14.4 Å². The minimum atomic E-state index is -2.30. The van der Waals surface area contributed by atoms with Crippen LogP contribution in [0, 0.1) is 11.7 Å². The van der Waals surface area contributed by atoms with Crippen LogP contribution in [0.2, 0.25) is 0 Å². The van der Waals surface area contributed by atoms with Gasteiger partial charge in [0.25, 0.3) is 0 Å². The second kappa shape index (κ2) is 4.70. The van der Waals surface area contributed by atoms with Crippen molar-refractivity contribution in [1.29, 1.82) is 4.78 Å². The van der Waals surface area contributed by atoms with Crippen molar-refractivity contribution in [2.24, 2.45) is 0 Å². The van der Waals surface area contributed by atoms with Gasteiger partial charge < -0.3 is 10.2 Å². The minimum absolute atomic E-state index is 0.0132. The Labute approximate surface area is 107 Å². The fourth-order valence-corrected chi connectivity index (χ4v) is 2.53. The molecule has 18 heavy (non-hydrogen) atoms. The van der Waals surface area contributed by atoms with Gasteiger partial charge in [0.1, 0.15) is 11.5 Å². The van der Waals surface area contributed by atoms with Crippen molar-refractivity contribution in [2.75, 3.05) is 0 Å². The van der Waals surface area contributed by atoms with E-state index in [4.69, 9.17) is 4.78 Å². The molecule has 0 radical (unpaired) electrons. The molecule has 0 aliphatic heterocycles. The third kappa shape index (κ3) is 2.31. The lowest BCUT2D eigenvalue weighted by Gasteiger charge is -2.10. The second-order valence-electron chi connectivity index (χ2n) is 4.00. The van der Waals surface area contributed by atoms with Crippen LogP contribution in [-0.4, -0.2) is 14.4 Å². The van der Waals surface area contributed by atoms with Gasteiger partial charge in [-0.2, -0.15) is 0 Å². The SMILES string of the molecule is Cc1cc(O)ccc1-c1ccc(O)cc1[SH](=N)=O. The maximum atomic E-state index is 11.4. The van der Waals surface area contributed by atoms with E-state index in [1.165, 1.54) is 18.2 Å². The highest BCUT2D eigenvalue weighted by atomic mass is 32.2. The number of phenols is 2. The van der Waals surface area contributed by atoms with Crippen LogP contribution >= 0.6 is 0 Å². The first-order chi connectivity index (χ1) is 8.49. The maximum absolute atomic E-state index is 11.4. The van der Waals surface area contributed by atoms with Gasteiger partial charge >= 0.3 is 0 Å². The minimum Gasteiger partial charge on any atom is -0.508 e. The molecule has 0 heterocycles. The number of hydrogen-bond donors (Lipinski definition) is 4. The maximum Gasteiger partial charge on any atom is 0.116 e. The lowest BCUT2D eigenvalue weighted by molar-refractivity contribution is 0.473. The van der Waals surface area contributed by atoms with Crippen molar-refractivity contribution in [3.63, 3.8) is 0 Å². The van der Waals surface area contributed by atoms with Crippen LogP contribution in [0.1, 0.15) is 5.56 Å². The molecule has 4 nitrogen and oxygen atoms in total. The van der Waals surface area contributed by atoms with Crippen molar-refractivity contribution in [3.8, 4) is 22.6 Å². The summed E-state index contributed by atoms with van der Waals surface area (Å²) in [5.41, 5.74) is 2.25. The van der Waals surface area contributed by atoms with Crippen molar-refractivity contribution in [3.05, 3.63) is 42.0 Å². The molecular weight excluding hydrogens is 250 g/mol. The van der Waals surface area contributed by atoms with Gasteiger partial charge in [-0.1, -0.05) is 6.07 Å². The third-order valence-corrected chi connectivity index (χ3v) is 3.51. The highest BCUT2D eigenvalue weighted by molar-refractivity contribution is 7.73. The lowest BCUT2D eigenvalue weighted by atomic mass is 10.0. The third-order valence-electron chi connectivity index (χ3n) is 2.70. The zero-order chi connectivity index (χ0) is 13.3. The van der Waals surface area contributed by atoms with Gasteiger partial charge in [-0.15, -0.1) is 0 Å². The number of thiol groups is 1. The van der Waals surface area contributed by atoms with E-state index in [1.54, 1.807) is 18.2 Å².